The Kier molecular flexibility index (Phi) is 5.45. The number of rotatable bonds is 4. The number of hydrogen-bond acceptors (Lipinski definition) is 6. The van der Waals surface area contributed by atoms with Crippen molar-refractivity contribution in [2.75, 3.05) is 0 Å². The van der Waals surface area contributed by atoms with Crippen molar-refractivity contribution in [1.82, 2.24) is 24.8 Å². The molecule has 4 atom stereocenters. The van der Waals surface area contributed by atoms with Gasteiger partial charge < -0.3 is 9.64 Å². The largest absolute Gasteiger partial charge is 0.472 e. The monoisotopic (exact) mass is 469 g/mol. The normalized spacial score (nSPS) is 23.9. The first-order valence-corrected chi connectivity index (χ1v) is 11.0. The fourth-order valence-corrected chi connectivity index (χ4v) is 4.93. The van der Waals surface area contributed by atoms with Gasteiger partial charge >= 0.3 is 6.18 Å². The minimum absolute atomic E-state index is 0.0226. The van der Waals surface area contributed by atoms with E-state index in [0.29, 0.717) is 17.8 Å². The highest BCUT2D eigenvalue weighted by atomic mass is 19.4. The maximum Gasteiger partial charge on any atom is 0.417 e. The summed E-state index contributed by atoms with van der Waals surface area (Å²) in [5, 5.41) is 0. The highest BCUT2D eigenvalue weighted by Gasteiger charge is 2.53. The third-order valence-electron chi connectivity index (χ3n) is 6.59. The molecule has 176 valence electrons. The molecule has 2 aliphatic rings. The lowest BCUT2D eigenvalue weighted by Gasteiger charge is -2.37. The zero-order valence-electron chi connectivity index (χ0n) is 18.5. The maximum absolute atomic E-state index is 13.7. The molecule has 0 spiro atoms. The van der Waals surface area contributed by atoms with Crippen molar-refractivity contribution in [1.29, 1.82) is 0 Å². The smallest absolute Gasteiger partial charge is 0.417 e. The predicted molar refractivity (Wildman–Crippen MR) is 116 cm³/mol. The summed E-state index contributed by atoms with van der Waals surface area (Å²) < 4.78 is 44.5. The number of nitrogens with zero attached hydrogens (tertiary/aromatic N) is 5. The maximum atomic E-state index is 13.7. The van der Waals surface area contributed by atoms with Crippen molar-refractivity contribution >= 4 is 5.91 Å². The van der Waals surface area contributed by atoms with Crippen molar-refractivity contribution in [3.05, 3.63) is 65.9 Å². The average molecular weight is 469 g/mol. The third-order valence-corrected chi connectivity index (χ3v) is 6.59. The van der Waals surface area contributed by atoms with Gasteiger partial charge in [-0.1, -0.05) is 0 Å². The van der Waals surface area contributed by atoms with E-state index in [1.54, 1.807) is 29.6 Å². The molecule has 2 fully saturated rings. The number of aromatic nitrogens is 4. The first-order chi connectivity index (χ1) is 16.2. The SMILES string of the molecule is Cc1cnc(C(=O)N2[C@H](C)[C@H]3C[C@@H](Oc4ccc(C(F)(F)F)cn4)[C@@H]2C3)c(-c2ncccn2)c1. The number of piperidine rings is 1. The van der Waals surface area contributed by atoms with Gasteiger partial charge in [-0.3, -0.25) is 9.78 Å². The van der Waals surface area contributed by atoms with Crippen LogP contribution in [0.2, 0.25) is 0 Å². The van der Waals surface area contributed by atoms with Gasteiger partial charge in [-0.25, -0.2) is 15.0 Å². The lowest BCUT2D eigenvalue weighted by atomic mass is 9.98. The zero-order chi connectivity index (χ0) is 24.0. The molecule has 1 aliphatic carbocycles. The minimum atomic E-state index is -4.46. The molecular weight excluding hydrogens is 447 g/mol. The van der Waals surface area contributed by atoms with Crippen LogP contribution in [0.1, 0.15) is 41.4 Å². The highest BCUT2D eigenvalue weighted by molar-refractivity contribution is 5.99. The van der Waals surface area contributed by atoms with E-state index in [0.717, 1.165) is 24.2 Å². The molecule has 1 amide bonds. The van der Waals surface area contributed by atoms with Gasteiger partial charge in [0.05, 0.1) is 17.2 Å². The Morgan fingerprint density at radius 2 is 1.85 bits per heavy atom. The molecule has 10 heteroatoms. The van der Waals surface area contributed by atoms with E-state index in [-0.39, 0.29) is 41.6 Å². The first-order valence-electron chi connectivity index (χ1n) is 11.0. The average Bonchev–Trinajstić information content (AvgIpc) is 3.36. The number of aryl methyl sites for hydroxylation is 1. The van der Waals surface area contributed by atoms with E-state index >= 15 is 0 Å². The second kappa shape index (κ2) is 8.34. The van der Waals surface area contributed by atoms with Crippen molar-refractivity contribution in [3.63, 3.8) is 0 Å². The first kappa shape index (κ1) is 22.2. The number of pyridine rings is 2. The van der Waals surface area contributed by atoms with Gasteiger partial charge in [0.1, 0.15) is 11.8 Å². The fraction of sp³-hybridized carbons (Fsp3) is 0.375. The van der Waals surface area contributed by atoms with E-state index in [1.807, 2.05) is 19.9 Å². The molecular formula is C24H22F3N5O2. The summed E-state index contributed by atoms with van der Waals surface area (Å²) in [6.07, 6.45) is 2.25. The zero-order valence-corrected chi connectivity index (χ0v) is 18.5. The Morgan fingerprint density at radius 1 is 1.09 bits per heavy atom. The van der Waals surface area contributed by atoms with Crippen molar-refractivity contribution < 1.29 is 22.7 Å². The topological polar surface area (TPSA) is 81.1 Å². The highest BCUT2D eigenvalue weighted by Crippen LogP contribution is 2.45. The van der Waals surface area contributed by atoms with E-state index in [2.05, 4.69) is 19.9 Å². The molecule has 1 saturated heterocycles. The Hall–Kier alpha value is -3.56. The molecule has 1 saturated carbocycles. The number of carbonyl (C=O) groups excluding carboxylic acids is 1. The standard InChI is InChI=1S/C24H22F3N5O2/c1-13-8-17(22-28-6-3-7-29-22)21(31-11-13)23(33)32-14(2)15-9-18(32)19(10-15)34-20-5-4-16(12-30-20)24(25,26)27/h3-8,11-12,14-15,18-19H,9-10H2,1-2H3/t14-,15-,18+,19-/m1/s1. The summed E-state index contributed by atoms with van der Waals surface area (Å²) >= 11 is 0. The van der Waals surface area contributed by atoms with Crippen LogP contribution in [0, 0.1) is 12.8 Å². The number of carbonyl (C=O) groups is 1. The second-order valence-electron chi connectivity index (χ2n) is 8.77. The van der Waals surface area contributed by atoms with Crippen molar-refractivity contribution in [2.24, 2.45) is 5.92 Å². The quantitative estimate of drug-likeness (QED) is 0.566. The third kappa shape index (κ3) is 3.97. The van der Waals surface area contributed by atoms with Crippen molar-refractivity contribution in [2.45, 2.75) is 51.1 Å². The Morgan fingerprint density at radius 3 is 2.50 bits per heavy atom. The lowest BCUT2D eigenvalue weighted by Crippen LogP contribution is -2.51. The molecule has 34 heavy (non-hydrogen) atoms. The summed E-state index contributed by atoms with van der Waals surface area (Å²) in [5.41, 5.74) is 0.869. The van der Waals surface area contributed by atoms with Crippen molar-refractivity contribution in [3.8, 4) is 17.3 Å². The van der Waals surface area contributed by atoms with Crippen LogP contribution in [0.25, 0.3) is 11.4 Å². The number of likely N-dealkylation sites (tertiary alicyclic amines) is 1. The molecule has 0 radical (unpaired) electrons. The van der Waals surface area contributed by atoms with E-state index in [4.69, 9.17) is 4.74 Å². The van der Waals surface area contributed by atoms with Crippen LogP contribution in [-0.2, 0) is 6.18 Å². The number of amides is 1. The van der Waals surface area contributed by atoms with Crippen LogP contribution in [0.3, 0.4) is 0 Å². The molecule has 3 aromatic rings. The molecule has 4 heterocycles. The summed E-state index contributed by atoms with van der Waals surface area (Å²) in [4.78, 5) is 32.3. The number of hydrogen-bond donors (Lipinski definition) is 0. The Labute approximate surface area is 194 Å². The molecule has 5 rings (SSSR count). The fourth-order valence-electron chi connectivity index (χ4n) is 4.93. The summed E-state index contributed by atoms with van der Waals surface area (Å²) in [6, 6.07) is 5.46. The number of fused-ring (bicyclic) bond motifs is 2. The molecule has 2 bridgehead atoms. The van der Waals surface area contributed by atoms with Gasteiger partial charge in [-0.05, 0) is 56.4 Å². The van der Waals surface area contributed by atoms with Gasteiger partial charge in [0.2, 0.25) is 5.88 Å². The van der Waals surface area contributed by atoms with E-state index in [1.165, 1.54) is 6.07 Å². The number of halogens is 3. The van der Waals surface area contributed by atoms with Gasteiger partial charge in [-0.2, -0.15) is 13.2 Å². The molecule has 1 aliphatic heterocycles. The van der Waals surface area contributed by atoms with E-state index in [9.17, 15) is 18.0 Å². The Bertz CT molecular complexity index is 1200. The van der Waals surface area contributed by atoms with Crippen LogP contribution < -0.4 is 4.74 Å². The molecule has 3 aromatic heterocycles. The van der Waals surface area contributed by atoms with Crippen LogP contribution in [0.15, 0.2) is 49.1 Å². The van der Waals surface area contributed by atoms with Crippen LogP contribution >= 0.6 is 0 Å². The van der Waals surface area contributed by atoms with Gasteiger partial charge in [-0.15, -0.1) is 0 Å². The molecule has 0 unspecified atom stereocenters. The van der Waals surface area contributed by atoms with Gasteiger partial charge in [0.15, 0.2) is 5.82 Å². The Balaban J connectivity index is 1.40. The summed E-state index contributed by atoms with van der Waals surface area (Å²) in [5.74, 6) is 0.504. The summed E-state index contributed by atoms with van der Waals surface area (Å²) in [6.45, 7) is 3.89. The second-order valence-corrected chi connectivity index (χ2v) is 8.77. The lowest BCUT2D eigenvalue weighted by molar-refractivity contribution is -0.137. The van der Waals surface area contributed by atoms with Crippen LogP contribution in [-0.4, -0.2) is 48.9 Å². The predicted octanol–water partition coefficient (Wildman–Crippen LogP) is 4.33. The number of ether oxygens (including phenoxy) is 1. The molecule has 0 aromatic carbocycles. The minimum Gasteiger partial charge on any atom is -0.472 e. The van der Waals surface area contributed by atoms with Gasteiger partial charge in [0.25, 0.3) is 5.91 Å². The van der Waals surface area contributed by atoms with Crippen LogP contribution in [0.5, 0.6) is 5.88 Å². The number of alkyl halides is 3. The molecule has 0 N–H and O–H groups in total. The summed E-state index contributed by atoms with van der Waals surface area (Å²) in [7, 11) is 0. The molecule has 7 nitrogen and oxygen atoms in total. The van der Waals surface area contributed by atoms with Crippen LogP contribution in [0.4, 0.5) is 13.2 Å². The van der Waals surface area contributed by atoms with Gasteiger partial charge in [0, 0.05) is 36.9 Å². The van der Waals surface area contributed by atoms with E-state index < -0.39 is 11.7 Å².